The molecule has 0 aliphatic carbocycles. The van der Waals surface area contributed by atoms with E-state index in [-0.39, 0.29) is 28.6 Å². The maximum atomic E-state index is 13.1. The van der Waals surface area contributed by atoms with Gasteiger partial charge >= 0.3 is 0 Å². The molecule has 2 N–H and O–H groups in total. The number of carbonyl (C=O) groups is 1. The summed E-state index contributed by atoms with van der Waals surface area (Å²) in [5.74, 6) is 1.11. The lowest BCUT2D eigenvalue weighted by Gasteiger charge is -2.23. The van der Waals surface area contributed by atoms with Gasteiger partial charge in [-0.05, 0) is 42.7 Å². The Labute approximate surface area is 181 Å². The van der Waals surface area contributed by atoms with Crippen LogP contribution >= 0.6 is 0 Å². The van der Waals surface area contributed by atoms with Gasteiger partial charge < -0.3 is 14.8 Å². The average Bonchev–Trinajstić information content (AvgIpc) is 3.01. The number of hydrogen-bond acceptors (Lipinski definition) is 6. The van der Waals surface area contributed by atoms with Crippen molar-refractivity contribution in [3.05, 3.63) is 53.6 Å². The van der Waals surface area contributed by atoms with Gasteiger partial charge in [0.15, 0.2) is 11.5 Å². The molecule has 0 fully saturated rings. The summed E-state index contributed by atoms with van der Waals surface area (Å²) in [5.41, 5.74) is 1.35. The molecule has 2 atom stereocenters. The number of carbonyl (C=O) groups excluding carboxylic acids is 1. The third-order valence-corrected chi connectivity index (χ3v) is 6.65. The van der Waals surface area contributed by atoms with Gasteiger partial charge in [-0.3, -0.25) is 14.5 Å². The summed E-state index contributed by atoms with van der Waals surface area (Å²) in [6, 6.07) is 11.1. The SMILES string of the molecule is CC(NC(=O)[C@@H](N=C1NS(=O)(=O)c2ccccc21)C(C)C)c1ccc2c(c1)OCCO2. The second-order valence-corrected chi connectivity index (χ2v) is 9.55. The molecule has 1 unspecified atom stereocenters. The van der Waals surface area contributed by atoms with Crippen LogP contribution in [-0.4, -0.2) is 39.4 Å². The third-order valence-electron chi connectivity index (χ3n) is 5.26. The first-order valence-corrected chi connectivity index (χ1v) is 11.6. The fourth-order valence-electron chi connectivity index (χ4n) is 3.59. The Hall–Kier alpha value is -3.07. The van der Waals surface area contributed by atoms with Crippen molar-refractivity contribution in [1.29, 1.82) is 0 Å². The molecule has 0 aromatic heterocycles. The highest BCUT2D eigenvalue weighted by atomic mass is 32.2. The van der Waals surface area contributed by atoms with Crippen LogP contribution < -0.4 is 19.5 Å². The van der Waals surface area contributed by atoms with E-state index < -0.39 is 16.1 Å². The number of nitrogens with one attached hydrogen (secondary N) is 2. The monoisotopic (exact) mass is 443 g/mol. The predicted octanol–water partition coefficient (Wildman–Crippen LogP) is 2.40. The molecule has 0 saturated carbocycles. The number of benzene rings is 2. The summed E-state index contributed by atoms with van der Waals surface area (Å²) in [6.45, 7) is 6.63. The Balaban J connectivity index is 1.55. The van der Waals surface area contributed by atoms with Gasteiger partial charge in [-0.15, -0.1) is 0 Å². The first-order valence-electron chi connectivity index (χ1n) is 10.2. The molecular weight excluding hydrogens is 418 g/mol. The molecule has 0 saturated heterocycles. The van der Waals surface area contributed by atoms with Crippen molar-refractivity contribution in [1.82, 2.24) is 10.0 Å². The standard InChI is InChI=1S/C22H25N3O5S/c1-13(2)20(24-21-16-6-4-5-7-19(16)31(27,28)25-21)22(26)23-14(3)15-8-9-17-18(12-15)30-11-10-29-17/h4-9,12-14,20H,10-11H2,1-3H3,(H,23,26)(H,24,25)/t14?,20-/m0/s1. The van der Waals surface area contributed by atoms with Crippen LogP contribution in [0.2, 0.25) is 0 Å². The number of rotatable bonds is 5. The molecule has 164 valence electrons. The van der Waals surface area contributed by atoms with E-state index in [2.05, 4.69) is 15.0 Å². The van der Waals surface area contributed by atoms with Crippen molar-refractivity contribution < 1.29 is 22.7 Å². The van der Waals surface area contributed by atoms with Crippen LogP contribution in [0.15, 0.2) is 52.4 Å². The number of nitrogens with zero attached hydrogens (tertiary/aromatic N) is 1. The zero-order valence-corrected chi connectivity index (χ0v) is 18.4. The molecule has 9 heteroatoms. The van der Waals surface area contributed by atoms with E-state index in [1.807, 2.05) is 39.0 Å². The second kappa shape index (κ2) is 8.22. The first kappa shape index (κ1) is 21.2. The topological polar surface area (TPSA) is 106 Å². The van der Waals surface area contributed by atoms with E-state index in [1.165, 1.54) is 6.07 Å². The fraction of sp³-hybridized carbons (Fsp3) is 0.364. The molecule has 4 rings (SSSR count). The number of aliphatic imine (C=N–C) groups is 1. The van der Waals surface area contributed by atoms with Gasteiger partial charge in [-0.25, -0.2) is 8.42 Å². The van der Waals surface area contributed by atoms with E-state index >= 15 is 0 Å². The van der Waals surface area contributed by atoms with Crippen LogP contribution in [0.5, 0.6) is 11.5 Å². The lowest BCUT2D eigenvalue weighted by atomic mass is 10.0. The largest absolute Gasteiger partial charge is 0.486 e. The van der Waals surface area contributed by atoms with Crippen molar-refractivity contribution in [2.24, 2.45) is 10.9 Å². The van der Waals surface area contributed by atoms with Crippen LogP contribution in [0, 0.1) is 5.92 Å². The molecule has 2 aliphatic rings. The van der Waals surface area contributed by atoms with Gasteiger partial charge in [-0.1, -0.05) is 32.0 Å². The van der Waals surface area contributed by atoms with Gasteiger partial charge in [0.1, 0.15) is 25.1 Å². The summed E-state index contributed by atoms with van der Waals surface area (Å²) >= 11 is 0. The zero-order valence-electron chi connectivity index (χ0n) is 17.6. The second-order valence-electron chi connectivity index (χ2n) is 7.90. The highest BCUT2D eigenvalue weighted by molar-refractivity contribution is 7.90. The third kappa shape index (κ3) is 4.23. The van der Waals surface area contributed by atoms with Crippen molar-refractivity contribution in [3.63, 3.8) is 0 Å². The summed E-state index contributed by atoms with van der Waals surface area (Å²) in [7, 11) is -3.66. The highest BCUT2D eigenvalue weighted by Gasteiger charge is 2.33. The predicted molar refractivity (Wildman–Crippen MR) is 116 cm³/mol. The smallest absolute Gasteiger partial charge is 0.263 e. The summed E-state index contributed by atoms with van der Waals surface area (Å²) in [5, 5.41) is 2.98. The maximum absolute atomic E-state index is 13.1. The molecular formula is C22H25N3O5S. The molecule has 31 heavy (non-hydrogen) atoms. The Morgan fingerprint density at radius 2 is 1.77 bits per heavy atom. The van der Waals surface area contributed by atoms with Crippen LogP contribution in [0.1, 0.15) is 37.9 Å². The molecule has 0 bridgehead atoms. The number of fused-ring (bicyclic) bond motifs is 2. The summed E-state index contributed by atoms with van der Waals surface area (Å²) in [4.78, 5) is 17.7. The van der Waals surface area contributed by atoms with Gasteiger partial charge in [0.05, 0.1) is 10.9 Å². The van der Waals surface area contributed by atoms with Crippen LogP contribution in [-0.2, 0) is 14.8 Å². The van der Waals surface area contributed by atoms with E-state index in [0.29, 0.717) is 30.3 Å². The van der Waals surface area contributed by atoms with Crippen molar-refractivity contribution in [2.45, 2.75) is 37.8 Å². The van der Waals surface area contributed by atoms with E-state index in [9.17, 15) is 13.2 Å². The van der Waals surface area contributed by atoms with Gasteiger partial charge in [0, 0.05) is 5.56 Å². The molecule has 2 heterocycles. The quantitative estimate of drug-likeness (QED) is 0.738. The average molecular weight is 444 g/mol. The van der Waals surface area contributed by atoms with E-state index in [4.69, 9.17) is 9.47 Å². The molecule has 0 spiro atoms. The van der Waals surface area contributed by atoms with E-state index in [0.717, 1.165) is 5.56 Å². The summed E-state index contributed by atoms with van der Waals surface area (Å²) < 4.78 is 38.3. The number of hydrogen-bond donors (Lipinski definition) is 2. The van der Waals surface area contributed by atoms with Crippen LogP contribution in [0.3, 0.4) is 0 Å². The minimum absolute atomic E-state index is 0.141. The minimum atomic E-state index is -3.66. The van der Waals surface area contributed by atoms with Crippen LogP contribution in [0.4, 0.5) is 0 Å². The molecule has 1 amide bonds. The van der Waals surface area contributed by atoms with Gasteiger partial charge in [-0.2, -0.15) is 0 Å². The Bertz CT molecular complexity index is 1140. The van der Waals surface area contributed by atoms with Crippen molar-refractivity contribution in [3.8, 4) is 11.5 Å². The molecule has 2 aromatic carbocycles. The number of sulfonamides is 1. The van der Waals surface area contributed by atoms with Crippen LogP contribution in [0.25, 0.3) is 0 Å². The number of ether oxygens (including phenoxy) is 2. The lowest BCUT2D eigenvalue weighted by molar-refractivity contribution is -0.123. The zero-order chi connectivity index (χ0) is 22.2. The maximum Gasteiger partial charge on any atom is 0.263 e. The normalized spacial score (nSPS) is 19.4. The van der Waals surface area contributed by atoms with Crippen molar-refractivity contribution in [2.75, 3.05) is 13.2 Å². The first-order chi connectivity index (χ1) is 14.8. The Morgan fingerprint density at radius 3 is 2.52 bits per heavy atom. The van der Waals surface area contributed by atoms with Crippen molar-refractivity contribution >= 4 is 21.8 Å². The highest BCUT2D eigenvalue weighted by Crippen LogP contribution is 2.32. The van der Waals surface area contributed by atoms with Gasteiger partial charge in [0.25, 0.3) is 10.0 Å². The number of amidine groups is 1. The Kier molecular flexibility index (Phi) is 5.62. The summed E-state index contributed by atoms with van der Waals surface area (Å²) in [6.07, 6.45) is 0. The van der Waals surface area contributed by atoms with Gasteiger partial charge in [0.2, 0.25) is 5.91 Å². The minimum Gasteiger partial charge on any atom is -0.486 e. The fourth-order valence-corrected chi connectivity index (χ4v) is 4.83. The molecule has 2 aromatic rings. The lowest BCUT2D eigenvalue weighted by Crippen LogP contribution is -2.39. The number of amides is 1. The Morgan fingerprint density at radius 1 is 1.06 bits per heavy atom. The molecule has 0 radical (unpaired) electrons. The van der Waals surface area contributed by atoms with E-state index in [1.54, 1.807) is 18.2 Å². The molecule has 8 nitrogen and oxygen atoms in total. The molecule has 2 aliphatic heterocycles.